The molecular formula is C15H17BrN2O2. The third-order valence-corrected chi connectivity index (χ3v) is 3.34. The highest BCUT2D eigenvalue weighted by molar-refractivity contribution is 9.10. The van der Waals surface area contributed by atoms with Crippen LogP contribution in [0.4, 0.5) is 0 Å². The molecule has 0 aliphatic heterocycles. The number of benzene rings is 1. The minimum absolute atomic E-state index is 0.584. The lowest BCUT2D eigenvalue weighted by atomic mass is 10.2. The van der Waals surface area contributed by atoms with Gasteiger partial charge in [0.2, 0.25) is 5.88 Å². The molecular weight excluding hydrogens is 320 g/mol. The summed E-state index contributed by atoms with van der Waals surface area (Å²) < 4.78 is 11.8. The molecule has 1 N–H and O–H groups in total. The predicted octanol–water partition coefficient (Wildman–Crippen LogP) is 3.67. The van der Waals surface area contributed by atoms with Crippen LogP contribution in [-0.2, 0) is 6.54 Å². The van der Waals surface area contributed by atoms with Gasteiger partial charge >= 0.3 is 0 Å². The molecule has 0 saturated heterocycles. The van der Waals surface area contributed by atoms with Crippen molar-refractivity contribution in [3.8, 4) is 17.4 Å². The monoisotopic (exact) mass is 336 g/mol. The summed E-state index contributed by atoms with van der Waals surface area (Å²) in [5.41, 5.74) is 2.07. The molecule has 5 heteroatoms. The Hall–Kier alpha value is -1.59. The number of methoxy groups -OCH3 is 1. The normalized spacial score (nSPS) is 10.4. The zero-order chi connectivity index (χ0) is 14.5. The van der Waals surface area contributed by atoms with Crippen molar-refractivity contribution in [3.05, 3.63) is 46.1 Å². The first-order valence-electron chi connectivity index (χ1n) is 6.26. The van der Waals surface area contributed by atoms with Gasteiger partial charge in [0.1, 0.15) is 11.5 Å². The van der Waals surface area contributed by atoms with Crippen molar-refractivity contribution in [2.75, 3.05) is 14.2 Å². The maximum absolute atomic E-state index is 5.84. The van der Waals surface area contributed by atoms with Crippen molar-refractivity contribution in [1.29, 1.82) is 0 Å². The van der Waals surface area contributed by atoms with Crippen LogP contribution in [0.3, 0.4) is 0 Å². The zero-order valence-electron chi connectivity index (χ0n) is 11.7. The Morgan fingerprint density at radius 3 is 2.70 bits per heavy atom. The quantitative estimate of drug-likeness (QED) is 0.904. The number of nitrogens with one attached hydrogen (secondary N) is 1. The average Bonchev–Trinajstić information content (AvgIpc) is 2.41. The van der Waals surface area contributed by atoms with E-state index in [2.05, 4.69) is 26.2 Å². The predicted molar refractivity (Wildman–Crippen MR) is 82.5 cm³/mol. The van der Waals surface area contributed by atoms with Crippen molar-refractivity contribution in [2.45, 2.75) is 13.5 Å². The van der Waals surface area contributed by atoms with Crippen LogP contribution < -0.4 is 14.8 Å². The molecule has 1 aromatic carbocycles. The molecule has 1 heterocycles. The number of rotatable bonds is 5. The van der Waals surface area contributed by atoms with Crippen LogP contribution in [0.25, 0.3) is 0 Å². The smallest absolute Gasteiger partial charge is 0.219 e. The maximum Gasteiger partial charge on any atom is 0.219 e. The number of aromatic nitrogens is 1. The Morgan fingerprint density at radius 2 is 2.05 bits per heavy atom. The topological polar surface area (TPSA) is 43.4 Å². The molecule has 0 saturated carbocycles. The number of pyridine rings is 1. The van der Waals surface area contributed by atoms with E-state index in [9.17, 15) is 0 Å². The van der Waals surface area contributed by atoms with Gasteiger partial charge in [0.25, 0.3) is 0 Å². The third kappa shape index (κ3) is 3.71. The summed E-state index contributed by atoms with van der Waals surface area (Å²) in [5, 5.41) is 3.12. The molecule has 0 bridgehead atoms. The molecule has 2 aromatic rings. The van der Waals surface area contributed by atoms with Crippen molar-refractivity contribution >= 4 is 15.9 Å². The first kappa shape index (κ1) is 14.8. The lowest BCUT2D eigenvalue weighted by molar-refractivity contribution is 0.411. The van der Waals surface area contributed by atoms with Gasteiger partial charge in [-0.25, -0.2) is 4.98 Å². The standard InChI is InChI=1S/C15H17BrN2O2/c1-10-6-11(9-17-2)7-15(18-10)20-14-5-4-12(19-3)8-13(14)16/h4-8,17H,9H2,1-3H3. The SMILES string of the molecule is CNCc1cc(C)nc(Oc2ccc(OC)cc2Br)c1. The van der Waals surface area contributed by atoms with Gasteiger partial charge in [-0.05, 0) is 59.7 Å². The first-order chi connectivity index (χ1) is 9.62. The highest BCUT2D eigenvalue weighted by Gasteiger charge is 2.07. The lowest BCUT2D eigenvalue weighted by Gasteiger charge is -2.10. The second-order valence-electron chi connectivity index (χ2n) is 4.38. The summed E-state index contributed by atoms with van der Waals surface area (Å²) in [6.45, 7) is 2.73. The van der Waals surface area contributed by atoms with E-state index < -0.39 is 0 Å². The number of hydrogen-bond acceptors (Lipinski definition) is 4. The van der Waals surface area contributed by atoms with Crippen LogP contribution in [0.2, 0.25) is 0 Å². The molecule has 4 nitrogen and oxygen atoms in total. The molecule has 0 spiro atoms. The largest absolute Gasteiger partial charge is 0.497 e. The summed E-state index contributed by atoms with van der Waals surface area (Å²) >= 11 is 3.47. The number of nitrogens with zero attached hydrogens (tertiary/aromatic N) is 1. The molecule has 0 radical (unpaired) electrons. The van der Waals surface area contributed by atoms with Crippen LogP contribution in [0.5, 0.6) is 17.4 Å². The van der Waals surface area contributed by atoms with E-state index in [1.807, 2.05) is 44.3 Å². The fraction of sp³-hybridized carbons (Fsp3) is 0.267. The Labute approximate surface area is 127 Å². The van der Waals surface area contributed by atoms with E-state index in [-0.39, 0.29) is 0 Å². The summed E-state index contributed by atoms with van der Waals surface area (Å²) in [4.78, 5) is 4.39. The molecule has 0 atom stereocenters. The second-order valence-corrected chi connectivity index (χ2v) is 5.24. The molecule has 0 unspecified atom stereocenters. The van der Waals surface area contributed by atoms with Gasteiger partial charge in [-0.2, -0.15) is 0 Å². The van der Waals surface area contributed by atoms with Crippen LogP contribution in [-0.4, -0.2) is 19.1 Å². The van der Waals surface area contributed by atoms with Gasteiger partial charge in [0, 0.05) is 18.3 Å². The minimum Gasteiger partial charge on any atom is -0.497 e. The van der Waals surface area contributed by atoms with Crippen LogP contribution in [0, 0.1) is 6.92 Å². The summed E-state index contributed by atoms with van der Waals surface area (Å²) in [7, 11) is 3.55. The van der Waals surface area contributed by atoms with E-state index in [0.717, 1.165) is 28.0 Å². The van der Waals surface area contributed by atoms with Gasteiger partial charge in [-0.1, -0.05) is 0 Å². The van der Waals surface area contributed by atoms with Crippen molar-refractivity contribution in [2.24, 2.45) is 0 Å². The molecule has 2 rings (SSSR count). The summed E-state index contributed by atoms with van der Waals surface area (Å²) in [6, 6.07) is 9.53. The van der Waals surface area contributed by atoms with Gasteiger partial charge in [-0.15, -0.1) is 0 Å². The highest BCUT2D eigenvalue weighted by Crippen LogP contribution is 2.32. The number of halogens is 1. The van der Waals surface area contributed by atoms with E-state index in [1.54, 1.807) is 7.11 Å². The highest BCUT2D eigenvalue weighted by atomic mass is 79.9. The number of ether oxygens (including phenoxy) is 2. The third-order valence-electron chi connectivity index (χ3n) is 2.72. The zero-order valence-corrected chi connectivity index (χ0v) is 13.3. The van der Waals surface area contributed by atoms with E-state index >= 15 is 0 Å². The van der Waals surface area contributed by atoms with E-state index in [0.29, 0.717) is 11.6 Å². The van der Waals surface area contributed by atoms with E-state index in [1.165, 1.54) is 0 Å². The van der Waals surface area contributed by atoms with E-state index in [4.69, 9.17) is 9.47 Å². The fourth-order valence-electron chi connectivity index (χ4n) is 1.87. The van der Waals surface area contributed by atoms with Crippen LogP contribution in [0.15, 0.2) is 34.8 Å². The van der Waals surface area contributed by atoms with Crippen LogP contribution >= 0.6 is 15.9 Å². The summed E-state index contributed by atoms with van der Waals surface area (Å²) in [6.07, 6.45) is 0. The van der Waals surface area contributed by atoms with Gasteiger partial charge in [0.15, 0.2) is 0 Å². The number of hydrogen-bond donors (Lipinski definition) is 1. The summed E-state index contributed by atoms with van der Waals surface area (Å²) in [5.74, 6) is 2.07. The molecule has 1 aromatic heterocycles. The Morgan fingerprint density at radius 1 is 1.25 bits per heavy atom. The van der Waals surface area contributed by atoms with Gasteiger partial charge in [-0.3, -0.25) is 0 Å². The molecule has 0 fully saturated rings. The fourth-order valence-corrected chi connectivity index (χ4v) is 2.31. The Balaban J connectivity index is 2.25. The first-order valence-corrected chi connectivity index (χ1v) is 7.05. The van der Waals surface area contributed by atoms with Gasteiger partial charge in [0.05, 0.1) is 11.6 Å². The minimum atomic E-state index is 0.584. The second kappa shape index (κ2) is 6.72. The molecule has 0 aliphatic carbocycles. The van der Waals surface area contributed by atoms with Gasteiger partial charge < -0.3 is 14.8 Å². The average molecular weight is 337 g/mol. The molecule has 20 heavy (non-hydrogen) atoms. The lowest BCUT2D eigenvalue weighted by Crippen LogP contribution is -2.06. The van der Waals surface area contributed by atoms with Crippen LogP contribution in [0.1, 0.15) is 11.3 Å². The Kier molecular flexibility index (Phi) is 4.98. The number of aryl methyl sites for hydroxylation is 1. The van der Waals surface area contributed by atoms with Crippen molar-refractivity contribution in [3.63, 3.8) is 0 Å². The van der Waals surface area contributed by atoms with Crippen molar-refractivity contribution < 1.29 is 9.47 Å². The maximum atomic E-state index is 5.84. The Bertz CT molecular complexity index is 602. The molecule has 0 aliphatic rings. The molecule has 106 valence electrons. The van der Waals surface area contributed by atoms with Crippen molar-refractivity contribution in [1.82, 2.24) is 10.3 Å². The molecule has 0 amide bonds.